The summed E-state index contributed by atoms with van der Waals surface area (Å²) in [5, 5.41) is 19.4. The highest BCUT2D eigenvalue weighted by molar-refractivity contribution is 5.94. The fourth-order valence-corrected chi connectivity index (χ4v) is 1.14. The van der Waals surface area contributed by atoms with Crippen LogP contribution in [0.25, 0.3) is 0 Å². The van der Waals surface area contributed by atoms with Crippen LogP contribution >= 0.6 is 0 Å². The molecule has 92 valence electrons. The van der Waals surface area contributed by atoms with Crippen molar-refractivity contribution in [2.45, 2.75) is 18.9 Å². The van der Waals surface area contributed by atoms with Crippen molar-refractivity contribution in [3.63, 3.8) is 0 Å². The van der Waals surface area contributed by atoms with Crippen LogP contribution in [-0.2, 0) is 9.59 Å². The molecule has 0 radical (unpaired) electrons. The van der Waals surface area contributed by atoms with E-state index in [1.54, 1.807) is 0 Å². The summed E-state index contributed by atoms with van der Waals surface area (Å²) >= 11 is 0. The van der Waals surface area contributed by atoms with Gasteiger partial charge < -0.3 is 20.5 Å². The van der Waals surface area contributed by atoms with E-state index in [2.05, 4.69) is 15.3 Å². The number of nitrogens with zero attached hydrogens (tertiary/aromatic N) is 1. The van der Waals surface area contributed by atoms with Crippen molar-refractivity contribution in [2.75, 3.05) is 0 Å². The molecule has 1 atom stereocenters. The predicted octanol–water partition coefficient (Wildman–Crippen LogP) is -0.542. The normalized spacial score (nSPS) is 11.8. The lowest BCUT2D eigenvalue weighted by Gasteiger charge is -2.12. The van der Waals surface area contributed by atoms with Gasteiger partial charge in [-0.3, -0.25) is 9.59 Å². The first kappa shape index (κ1) is 12.7. The molecule has 17 heavy (non-hydrogen) atoms. The van der Waals surface area contributed by atoms with E-state index in [0.29, 0.717) is 0 Å². The molecule has 0 unspecified atom stereocenters. The topological polar surface area (TPSA) is 132 Å². The van der Waals surface area contributed by atoms with Crippen molar-refractivity contribution in [3.05, 3.63) is 18.2 Å². The maximum atomic E-state index is 11.5. The molecule has 0 aliphatic carbocycles. The average molecular weight is 241 g/mol. The van der Waals surface area contributed by atoms with Crippen molar-refractivity contribution in [1.82, 2.24) is 15.3 Å². The fourth-order valence-electron chi connectivity index (χ4n) is 1.14. The summed E-state index contributed by atoms with van der Waals surface area (Å²) in [6.45, 7) is 0. The van der Waals surface area contributed by atoms with Crippen LogP contribution in [0.1, 0.15) is 23.3 Å². The lowest BCUT2D eigenvalue weighted by atomic mass is 10.1. The third-order valence-electron chi connectivity index (χ3n) is 1.99. The highest BCUT2D eigenvalue weighted by Gasteiger charge is 2.21. The van der Waals surface area contributed by atoms with Crippen molar-refractivity contribution < 1.29 is 24.6 Å². The second-order valence-corrected chi connectivity index (χ2v) is 3.26. The first-order valence-corrected chi connectivity index (χ1v) is 4.74. The van der Waals surface area contributed by atoms with E-state index < -0.39 is 23.9 Å². The molecule has 1 heterocycles. The minimum absolute atomic E-state index is 0.117. The first-order chi connectivity index (χ1) is 8.00. The van der Waals surface area contributed by atoms with Gasteiger partial charge in [0, 0.05) is 6.42 Å². The quantitative estimate of drug-likeness (QED) is 0.528. The van der Waals surface area contributed by atoms with Gasteiger partial charge in [-0.05, 0) is 6.42 Å². The summed E-state index contributed by atoms with van der Waals surface area (Å²) in [4.78, 5) is 38.7. The van der Waals surface area contributed by atoms with Crippen LogP contribution in [0.3, 0.4) is 0 Å². The van der Waals surface area contributed by atoms with Gasteiger partial charge >= 0.3 is 11.9 Å². The molecule has 0 aliphatic heterocycles. The molecule has 1 aromatic heterocycles. The average Bonchev–Trinajstić information content (AvgIpc) is 2.76. The van der Waals surface area contributed by atoms with Crippen molar-refractivity contribution in [2.24, 2.45) is 0 Å². The summed E-state index contributed by atoms with van der Waals surface area (Å²) in [5.41, 5.74) is 0.117. The highest BCUT2D eigenvalue weighted by Crippen LogP contribution is 2.00. The van der Waals surface area contributed by atoms with Gasteiger partial charge in [-0.25, -0.2) is 9.78 Å². The predicted molar refractivity (Wildman–Crippen MR) is 54.3 cm³/mol. The number of aliphatic carboxylic acids is 2. The van der Waals surface area contributed by atoms with Gasteiger partial charge in [-0.15, -0.1) is 0 Å². The monoisotopic (exact) mass is 241 g/mol. The molecule has 8 nitrogen and oxygen atoms in total. The maximum Gasteiger partial charge on any atom is 0.326 e. The summed E-state index contributed by atoms with van der Waals surface area (Å²) in [5.74, 6) is -3.04. The molecule has 0 spiro atoms. The van der Waals surface area contributed by atoms with E-state index in [4.69, 9.17) is 10.2 Å². The van der Waals surface area contributed by atoms with E-state index in [0.717, 1.165) is 0 Å². The third-order valence-corrected chi connectivity index (χ3v) is 1.99. The molecule has 1 aromatic rings. The van der Waals surface area contributed by atoms with Gasteiger partial charge in [0.1, 0.15) is 11.7 Å². The van der Waals surface area contributed by atoms with Crippen LogP contribution in [0.4, 0.5) is 0 Å². The third kappa shape index (κ3) is 3.93. The number of aromatic amines is 1. The van der Waals surface area contributed by atoms with Crippen molar-refractivity contribution >= 4 is 17.8 Å². The zero-order chi connectivity index (χ0) is 12.8. The highest BCUT2D eigenvalue weighted by atomic mass is 16.4. The van der Waals surface area contributed by atoms with E-state index >= 15 is 0 Å². The van der Waals surface area contributed by atoms with E-state index in [-0.39, 0.29) is 18.5 Å². The molecule has 1 rings (SSSR count). The Morgan fingerprint density at radius 2 is 2.12 bits per heavy atom. The number of carbonyl (C=O) groups is 3. The minimum atomic E-state index is -1.28. The fraction of sp³-hybridized carbons (Fsp3) is 0.333. The maximum absolute atomic E-state index is 11.5. The Morgan fingerprint density at radius 3 is 2.59 bits per heavy atom. The van der Waals surface area contributed by atoms with Gasteiger partial charge in [0.2, 0.25) is 0 Å². The molecule has 4 N–H and O–H groups in total. The Kier molecular flexibility index (Phi) is 4.21. The van der Waals surface area contributed by atoms with Gasteiger partial charge in [0.15, 0.2) is 0 Å². The molecule has 0 aliphatic rings. The van der Waals surface area contributed by atoms with Crippen LogP contribution in [0.5, 0.6) is 0 Å². The number of aromatic nitrogens is 2. The largest absolute Gasteiger partial charge is 0.481 e. The van der Waals surface area contributed by atoms with Crippen LogP contribution in [-0.4, -0.2) is 44.1 Å². The second kappa shape index (κ2) is 5.64. The second-order valence-electron chi connectivity index (χ2n) is 3.26. The molecule has 0 bridgehead atoms. The number of hydrogen-bond donors (Lipinski definition) is 4. The number of amides is 1. The zero-order valence-corrected chi connectivity index (χ0v) is 8.71. The summed E-state index contributed by atoms with van der Waals surface area (Å²) in [7, 11) is 0. The minimum Gasteiger partial charge on any atom is -0.481 e. The molecular formula is C9H11N3O5. The van der Waals surface area contributed by atoms with Crippen molar-refractivity contribution in [3.8, 4) is 0 Å². The number of nitrogens with one attached hydrogen (secondary N) is 2. The van der Waals surface area contributed by atoms with Gasteiger partial charge in [-0.2, -0.15) is 0 Å². The first-order valence-electron chi connectivity index (χ1n) is 4.74. The lowest BCUT2D eigenvalue weighted by molar-refractivity contribution is -0.140. The number of carboxylic acids is 2. The Labute approximate surface area is 95.7 Å². The summed E-state index contributed by atoms with van der Waals surface area (Å²) in [6, 6.07) is -1.23. The Balaban J connectivity index is 2.58. The molecule has 8 heteroatoms. The molecule has 0 saturated heterocycles. The zero-order valence-electron chi connectivity index (χ0n) is 8.71. The Morgan fingerprint density at radius 1 is 1.41 bits per heavy atom. The van der Waals surface area contributed by atoms with E-state index in [1.165, 1.54) is 12.5 Å². The SMILES string of the molecule is O=C(O)CC[C@H](NC(=O)c1cnc[nH]1)C(=O)O. The van der Waals surface area contributed by atoms with Gasteiger partial charge in [-0.1, -0.05) is 0 Å². The number of carboxylic acid groups (broad SMARTS) is 2. The number of imidazole rings is 1. The van der Waals surface area contributed by atoms with Crippen molar-refractivity contribution in [1.29, 1.82) is 0 Å². The smallest absolute Gasteiger partial charge is 0.326 e. The number of carbonyl (C=O) groups excluding carboxylic acids is 1. The number of rotatable bonds is 6. The van der Waals surface area contributed by atoms with Gasteiger partial charge in [0.05, 0.1) is 12.5 Å². The molecule has 0 saturated carbocycles. The van der Waals surface area contributed by atoms with Crippen LogP contribution in [0, 0.1) is 0 Å². The molecular weight excluding hydrogens is 230 g/mol. The Hall–Kier alpha value is -2.38. The summed E-state index contributed by atoms with van der Waals surface area (Å²) in [6.07, 6.45) is 2.01. The molecule has 0 fully saturated rings. The lowest BCUT2D eigenvalue weighted by Crippen LogP contribution is -2.41. The standard InChI is InChI=1S/C9H11N3O5/c13-7(14)2-1-5(9(16)17)12-8(15)6-3-10-4-11-6/h3-5H,1-2H2,(H,10,11)(H,12,15)(H,13,14)(H,16,17)/t5-/m0/s1. The van der Waals surface area contributed by atoms with Crippen LogP contribution in [0.15, 0.2) is 12.5 Å². The van der Waals surface area contributed by atoms with Crippen LogP contribution in [0.2, 0.25) is 0 Å². The molecule has 1 amide bonds. The van der Waals surface area contributed by atoms with E-state index in [1.807, 2.05) is 0 Å². The molecule has 0 aromatic carbocycles. The Bertz CT molecular complexity index is 414. The van der Waals surface area contributed by atoms with E-state index in [9.17, 15) is 14.4 Å². The van der Waals surface area contributed by atoms with Crippen LogP contribution < -0.4 is 5.32 Å². The summed E-state index contributed by atoms with van der Waals surface area (Å²) < 4.78 is 0. The number of H-pyrrole nitrogens is 1. The van der Waals surface area contributed by atoms with Gasteiger partial charge in [0.25, 0.3) is 5.91 Å². The number of hydrogen-bond acceptors (Lipinski definition) is 4.